The zero-order chi connectivity index (χ0) is 26.1. The molecule has 190 valence electrons. The monoisotopic (exact) mass is 518 g/mol. The van der Waals surface area contributed by atoms with Gasteiger partial charge in [0.25, 0.3) is 5.91 Å². The fourth-order valence-corrected chi connectivity index (χ4v) is 5.65. The summed E-state index contributed by atoms with van der Waals surface area (Å²) in [7, 11) is 3.25. The topological polar surface area (TPSA) is 94.9 Å². The molecule has 1 N–H and O–H groups in total. The first-order valence-corrected chi connectivity index (χ1v) is 12.5. The molecule has 1 aromatic carbocycles. The number of benzene rings is 1. The lowest BCUT2D eigenvalue weighted by Gasteiger charge is -2.14. The molecule has 1 saturated heterocycles. The molecule has 0 aliphatic carbocycles. The molecule has 4 heterocycles. The first kappa shape index (κ1) is 24.8. The highest BCUT2D eigenvalue weighted by atomic mass is 32.1. The second kappa shape index (κ2) is 10.2. The van der Waals surface area contributed by atoms with Crippen molar-refractivity contribution in [2.75, 3.05) is 33.9 Å². The van der Waals surface area contributed by atoms with E-state index in [4.69, 9.17) is 20.6 Å². The molecule has 4 aromatic rings. The molecule has 0 unspecified atom stereocenters. The van der Waals surface area contributed by atoms with E-state index in [1.807, 2.05) is 25.1 Å². The number of rotatable bonds is 6. The van der Waals surface area contributed by atoms with Crippen LogP contribution in [0.4, 0.5) is 4.79 Å². The smallest absolute Gasteiger partial charge is 0.327 e. The Kier molecular flexibility index (Phi) is 6.84. The normalized spacial score (nSPS) is 17.3. The Morgan fingerprint density at radius 2 is 1.92 bits per heavy atom. The molecule has 0 bridgehead atoms. The van der Waals surface area contributed by atoms with Gasteiger partial charge in [0, 0.05) is 50.7 Å². The maximum absolute atomic E-state index is 13.2. The summed E-state index contributed by atoms with van der Waals surface area (Å²) in [5, 5.41) is 3.55. The van der Waals surface area contributed by atoms with Gasteiger partial charge < -0.3 is 24.4 Å². The van der Waals surface area contributed by atoms with E-state index in [0.717, 1.165) is 21.3 Å². The van der Waals surface area contributed by atoms with Crippen LogP contribution in [-0.2, 0) is 9.47 Å². The van der Waals surface area contributed by atoms with Gasteiger partial charge in [-0.2, -0.15) is 0 Å². The van der Waals surface area contributed by atoms with E-state index in [2.05, 4.69) is 16.2 Å². The standard InChI is InChI=1S/C27H26N4O5S/c1-5-9-29-27(33)31-16(2)11-17-12-18(6-7-20(17)31)36-21-8-10-28-19-13-24(37-25(19)21)26(32)30-14-22(34-3)23(15-30)35-4/h1,6-8,10-13,22-23H,9,14-15H2,2-4H3,(H,29,33)/t22-,23+. The van der Waals surface area contributed by atoms with Gasteiger partial charge in [-0.1, -0.05) is 5.92 Å². The highest BCUT2D eigenvalue weighted by Crippen LogP contribution is 2.37. The number of aryl methyl sites for hydroxylation is 1. The van der Waals surface area contributed by atoms with E-state index in [0.29, 0.717) is 35.0 Å². The summed E-state index contributed by atoms with van der Waals surface area (Å²) in [5.41, 5.74) is 2.21. The molecule has 0 saturated carbocycles. The molecule has 1 aliphatic heterocycles. The molecule has 1 aliphatic rings. The fraction of sp³-hybridized carbons (Fsp3) is 0.296. The molecular weight excluding hydrogens is 492 g/mol. The van der Waals surface area contributed by atoms with Crippen LogP contribution in [0.2, 0.25) is 0 Å². The number of terminal acetylenes is 1. The lowest BCUT2D eigenvalue weighted by atomic mass is 10.2. The minimum atomic E-state index is -0.280. The molecule has 2 amide bonds. The number of nitrogens with one attached hydrogen (secondary N) is 1. The minimum Gasteiger partial charge on any atom is -0.456 e. The molecule has 9 nitrogen and oxygen atoms in total. The number of nitrogens with zero attached hydrogens (tertiary/aromatic N) is 3. The first-order chi connectivity index (χ1) is 17.9. The van der Waals surface area contributed by atoms with Crippen LogP contribution in [0.1, 0.15) is 15.4 Å². The number of fused-ring (bicyclic) bond motifs is 2. The molecule has 0 spiro atoms. The Morgan fingerprint density at radius 3 is 2.62 bits per heavy atom. The Balaban J connectivity index is 1.40. The molecule has 0 radical (unpaired) electrons. The number of hydrogen-bond donors (Lipinski definition) is 1. The number of carbonyl (C=O) groups excluding carboxylic acids is 2. The third kappa shape index (κ3) is 4.64. The predicted molar refractivity (Wildman–Crippen MR) is 141 cm³/mol. The van der Waals surface area contributed by atoms with Gasteiger partial charge in [-0.25, -0.2) is 4.79 Å². The highest BCUT2D eigenvalue weighted by Gasteiger charge is 2.36. The third-order valence-corrected chi connectivity index (χ3v) is 7.55. The predicted octanol–water partition coefficient (Wildman–Crippen LogP) is 4.03. The third-order valence-electron chi connectivity index (χ3n) is 6.42. The number of aromatic nitrogens is 2. The Hall–Kier alpha value is -3.91. The van der Waals surface area contributed by atoms with Gasteiger partial charge in [-0.3, -0.25) is 14.3 Å². The van der Waals surface area contributed by atoms with Crippen LogP contribution in [0.25, 0.3) is 21.1 Å². The van der Waals surface area contributed by atoms with E-state index < -0.39 is 0 Å². The number of likely N-dealkylation sites (tertiary alicyclic amines) is 1. The van der Waals surface area contributed by atoms with Crippen LogP contribution in [0.15, 0.2) is 42.6 Å². The number of amides is 2. The molecule has 5 rings (SSSR count). The molecule has 3 aromatic heterocycles. The van der Waals surface area contributed by atoms with Gasteiger partial charge in [0.2, 0.25) is 0 Å². The van der Waals surface area contributed by atoms with E-state index in [-0.39, 0.29) is 30.7 Å². The van der Waals surface area contributed by atoms with Crippen molar-refractivity contribution in [3.8, 4) is 23.8 Å². The lowest BCUT2D eigenvalue weighted by molar-refractivity contribution is -0.00461. The molecule has 1 fully saturated rings. The summed E-state index contributed by atoms with van der Waals surface area (Å²) in [5.74, 6) is 3.53. The number of carbonyl (C=O) groups is 2. The number of methoxy groups -OCH3 is 2. The summed E-state index contributed by atoms with van der Waals surface area (Å²) in [6, 6.07) is 10.7. The number of thiophene rings is 1. The summed E-state index contributed by atoms with van der Waals surface area (Å²) >= 11 is 1.34. The minimum absolute atomic E-state index is 0.0862. The van der Waals surface area contributed by atoms with Crippen molar-refractivity contribution in [1.82, 2.24) is 19.8 Å². The van der Waals surface area contributed by atoms with E-state index >= 15 is 0 Å². The summed E-state index contributed by atoms with van der Waals surface area (Å²) in [6.45, 7) is 2.95. The van der Waals surface area contributed by atoms with E-state index in [1.165, 1.54) is 11.3 Å². The summed E-state index contributed by atoms with van der Waals surface area (Å²) < 4.78 is 19.5. The van der Waals surface area contributed by atoms with Crippen LogP contribution in [0, 0.1) is 19.3 Å². The molecular formula is C27H26N4O5S. The quantitative estimate of drug-likeness (QED) is 0.388. The van der Waals surface area contributed by atoms with Crippen LogP contribution in [-0.4, -0.2) is 72.5 Å². The van der Waals surface area contributed by atoms with E-state index in [9.17, 15) is 9.59 Å². The Labute approximate surface area is 217 Å². The van der Waals surface area contributed by atoms with Gasteiger partial charge >= 0.3 is 6.03 Å². The lowest BCUT2D eigenvalue weighted by Crippen LogP contribution is -2.29. The van der Waals surface area contributed by atoms with Crippen LogP contribution in [0.5, 0.6) is 11.5 Å². The zero-order valence-electron chi connectivity index (χ0n) is 20.7. The molecule has 37 heavy (non-hydrogen) atoms. The van der Waals surface area contributed by atoms with Gasteiger partial charge in [0.15, 0.2) is 0 Å². The van der Waals surface area contributed by atoms with Gasteiger partial charge in [-0.05, 0) is 37.3 Å². The molecule has 2 atom stereocenters. The van der Waals surface area contributed by atoms with Crippen molar-refractivity contribution < 1.29 is 23.8 Å². The maximum Gasteiger partial charge on any atom is 0.327 e. The van der Waals surface area contributed by atoms with Gasteiger partial charge in [0.05, 0.1) is 27.2 Å². The van der Waals surface area contributed by atoms with Gasteiger partial charge in [-0.15, -0.1) is 17.8 Å². The van der Waals surface area contributed by atoms with Crippen molar-refractivity contribution in [1.29, 1.82) is 0 Å². The number of hydrogen-bond acceptors (Lipinski definition) is 7. The van der Waals surface area contributed by atoms with Crippen molar-refractivity contribution >= 4 is 44.4 Å². The number of ether oxygens (including phenoxy) is 3. The van der Waals surface area contributed by atoms with Crippen LogP contribution < -0.4 is 10.1 Å². The molecule has 10 heteroatoms. The van der Waals surface area contributed by atoms with Crippen molar-refractivity contribution in [3.05, 3.63) is 53.2 Å². The average molecular weight is 519 g/mol. The largest absolute Gasteiger partial charge is 0.456 e. The van der Waals surface area contributed by atoms with Crippen molar-refractivity contribution in [2.45, 2.75) is 19.1 Å². The Bertz CT molecular complexity index is 1520. The van der Waals surface area contributed by atoms with E-state index in [1.54, 1.807) is 48.1 Å². The Morgan fingerprint density at radius 1 is 1.16 bits per heavy atom. The number of pyridine rings is 1. The fourth-order valence-electron chi connectivity index (χ4n) is 4.62. The SMILES string of the molecule is C#CCNC(=O)n1c(C)cc2cc(Oc3ccnc4cc(C(=O)N5C[C@H](OC)[C@H](OC)C5)sc34)ccc21. The van der Waals surface area contributed by atoms with Crippen LogP contribution in [0.3, 0.4) is 0 Å². The highest BCUT2D eigenvalue weighted by molar-refractivity contribution is 7.21. The van der Waals surface area contributed by atoms with Crippen molar-refractivity contribution in [3.63, 3.8) is 0 Å². The second-order valence-electron chi connectivity index (χ2n) is 8.70. The maximum atomic E-state index is 13.2. The second-order valence-corrected chi connectivity index (χ2v) is 9.75. The van der Waals surface area contributed by atoms with Crippen molar-refractivity contribution in [2.24, 2.45) is 0 Å². The van der Waals surface area contributed by atoms with Gasteiger partial charge in [0.1, 0.15) is 23.7 Å². The average Bonchev–Trinajstić information content (AvgIpc) is 3.61. The summed E-state index contributed by atoms with van der Waals surface area (Å²) in [4.78, 5) is 32.5. The van der Waals surface area contributed by atoms with Crippen LogP contribution >= 0.6 is 11.3 Å². The summed E-state index contributed by atoms with van der Waals surface area (Å²) in [6.07, 6.45) is 6.61. The first-order valence-electron chi connectivity index (χ1n) is 11.7. The zero-order valence-corrected chi connectivity index (χ0v) is 21.5.